The van der Waals surface area contributed by atoms with Crippen LogP contribution in [0.5, 0.6) is 0 Å². The van der Waals surface area contributed by atoms with E-state index in [4.69, 9.17) is 0 Å². The summed E-state index contributed by atoms with van der Waals surface area (Å²) >= 11 is 0. The summed E-state index contributed by atoms with van der Waals surface area (Å²) in [5, 5.41) is 5.13. The third-order valence-corrected chi connectivity index (χ3v) is 11.8. The number of hydrogen-bond acceptors (Lipinski definition) is 1. The van der Waals surface area contributed by atoms with Crippen molar-refractivity contribution >= 4 is 38.6 Å². The van der Waals surface area contributed by atoms with Gasteiger partial charge in [0.2, 0.25) is 0 Å². The second kappa shape index (κ2) is 12.1. The molecule has 0 aromatic heterocycles. The Kier molecular flexibility index (Phi) is 7.18. The molecule has 0 atom stereocenters. The van der Waals surface area contributed by atoms with Gasteiger partial charge in [0.15, 0.2) is 0 Å². The van der Waals surface area contributed by atoms with Crippen LogP contribution >= 0.6 is 0 Å². The van der Waals surface area contributed by atoms with Gasteiger partial charge in [-0.15, -0.1) is 0 Å². The standard InChI is InChI=1S/C51H41N/c1-51(2)49-33-43(29-31-47(49)48-30-25-38-12-6-8-16-46(38)50(48)51)52(42-28-24-34-10-3-4-13-40(34)32-42)41-26-22-36(23-27-41)35-18-20-39(21-19-35)45-17-9-14-37-11-5-7-15-44(37)45/h3-4,6,8-10,12-14,16-33H,5,7,11,15H2,1-2H3. The molecule has 1 nitrogen and oxygen atoms in total. The molecule has 52 heavy (non-hydrogen) atoms. The number of anilines is 3. The third-order valence-electron chi connectivity index (χ3n) is 11.8. The van der Waals surface area contributed by atoms with Crippen LogP contribution in [0, 0.1) is 0 Å². The first-order chi connectivity index (χ1) is 25.5. The largest absolute Gasteiger partial charge is 0.310 e. The Labute approximate surface area is 306 Å². The van der Waals surface area contributed by atoms with Crippen molar-refractivity contribution in [2.45, 2.75) is 44.9 Å². The summed E-state index contributed by atoms with van der Waals surface area (Å²) in [5.74, 6) is 0. The van der Waals surface area contributed by atoms with Crippen molar-refractivity contribution in [2.75, 3.05) is 4.90 Å². The maximum atomic E-state index is 2.44. The molecule has 0 saturated carbocycles. The SMILES string of the molecule is CC1(C)c2cc(N(c3ccc(-c4ccc(-c5cccc6c5CCCC6)cc4)cc3)c3ccc4ccccc4c3)ccc2-c2ccc3ccccc3c21. The van der Waals surface area contributed by atoms with E-state index in [9.17, 15) is 0 Å². The Morgan fingerprint density at radius 1 is 0.442 bits per heavy atom. The van der Waals surface area contributed by atoms with Crippen molar-refractivity contribution < 1.29 is 0 Å². The van der Waals surface area contributed by atoms with Crippen LogP contribution in [-0.2, 0) is 18.3 Å². The normalized spacial score (nSPS) is 14.2. The van der Waals surface area contributed by atoms with E-state index in [1.165, 1.54) is 103 Å². The maximum absolute atomic E-state index is 2.44. The van der Waals surface area contributed by atoms with Crippen LogP contribution in [0.25, 0.3) is 54.9 Å². The lowest BCUT2D eigenvalue weighted by Crippen LogP contribution is -2.17. The topological polar surface area (TPSA) is 3.24 Å². The summed E-state index contributed by atoms with van der Waals surface area (Å²) in [5.41, 5.74) is 17.1. The Morgan fingerprint density at radius 2 is 1.06 bits per heavy atom. The van der Waals surface area contributed by atoms with E-state index in [-0.39, 0.29) is 5.41 Å². The van der Waals surface area contributed by atoms with Crippen molar-refractivity contribution in [3.8, 4) is 33.4 Å². The van der Waals surface area contributed by atoms with Gasteiger partial charge < -0.3 is 4.90 Å². The van der Waals surface area contributed by atoms with Gasteiger partial charge in [-0.1, -0.05) is 141 Å². The fraction of sp³-hybridized carbons (Fsp3) is 0.137. The van der Waals surface area contributed by atoms with Gasteiger partial charge in [-0.2, -0.15) is 0 Å². The first-order valence-corrected chi connectivity index (χ1v) is 18.8. The van der Waals surface area contributed by atoms with E-state index in [2.05, 4.69) is 183 Å². The van der Waals surface area contributed by atoms with Gasteiger partial charge in [0.25, 0.3) is 0 Å². The summed E-state index contributed by atoms with van der Waals surface area (Å²) in [6, 6.07) is 61.2. The molecule has 0 fully saturated rings. The lowest BCUT2D eigenvalue weighted by molar-refractivity contribution is 0.666. The van der Waals surface area contributed by atoms with Crippen LogP contribution in [0.3, 0.4) is 0 Å². The van der Waals surface area contributed by atoms with Gasteiger partial charge in [0.1, 0.15) is 0 Å². The molecule has 2 aliphatic carbocycles. The molecule has 2 aliphatic rings. The van der Waals surface area contributed by atoms with Gasteiger partial charge in [0.05, 0.1) is 0 Å². The number of hydrogen-bond donors (Lipinski definition) is 0. The molecule has 0 saturated heterocycles. The molecule has 250 valence electrons. The highest BCUT2D eigenvalue weighted by Crippen LogP contribution is 2.53. The average molecular weight is 668 g/mol. The molecular weight excluding hydrogens is 627 g/mol. The summed E-state index contributed by atoms with van der Waals surface area (Å²) in [6.07, 6.45) is 4.99. The smallest absolute Gasteiger partial charge is 0.0468 e. The molecule has 0 unspecified atom stereocenters. The predicted octanol–water partition coefficient (Wildman–Crippen LogP) is 14.0. The molecule has 10 rings (SSSR count). The molecule has 0 spiro atoms. The number of aryl methyl sites for hydroxylation is 1. The van der Waals surface area contributed by atoms with Crippen LogP contribution in [0.2, 0.25) is 0 Å². The summed E-state index contributed by atoms with van der Waals surface area (Å²) in [4.78, 5) is 2.43. The molecule has 0 bridgehead atoms. The highest BCUT2D eigenvalue weighted by Gasteiger charge is 2.37. The Balaban J connectivity index is 1.04. The van der Waals surface area contributed by atoms with Gasteiger partial charge in [-0.05, 0) is 139 Å². The highest BCUT2D eigenvalue weighted by molar-refractivity contribution is 5.98. The zero-order chi connectivity index (χ0) is 34.8. The molecule has 8 aromatic rings. The lowest BCUT2D eigenvalue weighted by Gasteiger charge is -2.28. The minimum absolute atomic E-state index is 0.133. The fourth-order valence-electron chi connectivity index (χ4n) is 9.19. The van der Waals surface area contributed by atoms with Crippen LogP contribution in [0.1, 0.15) is 48.9 Å². The second-order valence-corrected chi connectivity index (χ2v) is 15.2. The zero-order valence-corrected chi connectivity index (χ0v) is 29.9. The molecule has 0 aliphatic heterocycles. The van der Waals surface area contributed by atoms with Crippen LogP contribution < -0.4 is 4.90 Å². The van der Waals surface area contributed by atoms with Crippen molar-refractivity contribution in [1.82, 2.24) is 0 Å². The van der Waals surface area contributed by atoms with E-state index in [0.717, 1.165) is 11.4 Å². The Morgan fingerprint density at radius 3 is 1.88 bits per heavy atom. The maximum Gasteiger partial charge on any atom is 0.0468 e. The monoisotopic (exact) mass is 667 g/mol. The first kappa shape index (κ1) is 30.9. The summed E-state index contributed by atoms with van der Waals surface area (Å²) in [6.45, 7) is 4.78. The van der Waals surface area contributed by atoms with Gasteiger partial charge in [-0.25, -0.2) is 0 Å². The quantitative estimate of drug-likeness (QED) is 0.177. The Bertz CT molecular complexity index is 2640. The highest BCUT2D eigenvalue weighted by atomic mass is 15.1. The zero-order valence-electron chi connectivity index (χ0n) is 29.9. The molecule has 0 N–H and O–H groups in total. The average Bonchev–Trinajstić information content (AvgIpc) is 3.44. The molecular formula is C51H41N. The van der Waals surface area contributed by atoms with Gasteiger partial charge in [-0.3, -0.25) is 0 Å². The number of rotatable bonds is 5. The predicted molar refractivity (Wildman–Crippen MR) is 221 cm³/mol. The van der Waals surface area contributed by atoms with Crippen molar-refractivity contribution in [1.29, 1.82) is 0 Å². The van der Waals surface area contributed by atoms with E-state index < -0.39 is 0 Å². The minimum atomic E-state index is -0.133. The van der Waals surface area contributed by atoms with Crippen molar-refractivity contribution in [3.63, 3.8) is 0 Å². The van der Waals surface area contributed by atoms with Crippen molar-refractivity contribution in [3.05, 3.63) is 186 Å². The van der Waals surface area contributed by atoms with Crippen LogP contribution in [0.15, 0.2) is 164 Å². The molecule has 8 aromatic carbocycles. The summed E-state index contributed by atoms with van der Waals surface area (Å²) < 4.78 is 0. The molecule has 1 heteroatoms. The van der Waals surface area contributed by atoms with Crippen LogP contribution in [-0.4, -0.2) is 0 Å². The Hall–Kier alpha value is -5.92. The van der Waals surface area contributed by atoms with E-state index in [1.54, 1.807) is 5.56 Å². The minimum Gasteiger partial charge on any atom is -0.310 e. The number of fused-ring (bicyclic) bond motifs is 7. The number of benzene rings is 8. The lowest BCUT2D eigenvalue weighted by atomic mass is 9.80. The van der Waals surface area contributed by atoms with E-state index in [0.29, 0.717) is 0 Å². The van der Waals surface area contributed by atoms with E-state index >= 15 is 0 Å². The first-order valence-electron chi connectivity index (χ1n) is 18.8. The van der Waals surface area contributed by atoms with Crippen LogP contribution in [0.4, 0.5) is 17.1 Å². The molecule has 0 radical (unpaired) electrons. The molecule has 0 amide bonds. The summed E-state index contributed by atoms with van der Waals surface area (Å²) in [7, 11) is 0. The van der Waals surface area contributed by atoms with Gasteiger partial charge in [0, 0.05) is 22.5 Å². The second-order valence-electron chi connectivity index (χ2n) is 15.2. The molecule has 0 heterocycles. The van der Waals surface area contributed by atoms with Crippen molar-refractivity contribution in [2.24, 2.45) is 0 Å². The number of nitrogens with zero attached hydrogens (tertiary/aromatic N) is 1. The van der Waals surface area contributed by atoms with Gasteiger partial charge >= 0.3 is 0 Å². The fourth-order valence-corrected chi connectivity index (χ4v) is 9.19. The van der Waals surface area contributed by atoms with E-state index in [1.807, 2.05) is 0 Å². The third kappa shape index (κ3) is 4.99.